The van der Waals surface area contributed by atoms with Crippen molar-refractivity contribution in [2.45, 2.75) is 226 Å². The average Bonchev–Trinajstić information content (AvgIpc) is 1.54. The minimum atomic E-state index is -1.90. The van der Waals surface area contributed by atoms with Gasteiger partial charge in [-0.3, -0.25) is 28.8 Å². The zero-order valence-electron chi connectivity index (χ0n) is 57.8. The lowest BCUT2D eigenvalue weighted by molar-refractivity contribution is -0.342. The molecule has 23 atom stereocenters. The molecular weight excluding hydrogens is 1470 g/mol. The predicted octanol–water partition coefficient (Wildman–Crippen LogP) is 2.97. The molecule has 32 heteroatoms. The SMILES string of the molecule is CCN[C@H]1CO[C@@H](O[C@H]2[C@H](O[C@H]3C#C/C=C(/C)C#CC45C(CC(=O)OC)C(=O)C[C@]4(O)/C(=C/CSSC(C)(C)CCNC(=O)CC[C@H](N)C(=O)O)C35)O[C@H](C)[C@@H](NO[C@H]3C[C@H](O)[C@H](SC(=O)c4c(C)c(I)c(O[C@@H]5O[C@@H](C)[C@H](O)[C@@H](OC)[C@H]5O)c(OC)c4OC)[C@@H](C)O3)[C@@H]2O)C[C@@H]1OC. The van der Waals surface area contributed by atoms with Crippen LogP contribution >= 0.6 is 55.9 Å². The summed E-state index contributed by atoms with van der Waals surface area (Å²) in [5, 5.41) is 73.4. The van der Waals surface area contributed by atoms with Gasteiger partial charge in [0.2, 0.25) is 23.1 Å². The van der Waals surface area contributed by atoms with E-state index in [4.69, 9.17) is 72.5 Å². The lowest BCUT2D eigenvalue weighted by Gasteiger charge is -2.60. The number of halogens is 1. The van der Waals surface area contributed by atoms with E-state index in [9.17, 15) is 49.5 Å². The van der Waals surface area contributed by atoms with Crippen LogP contribution in [0, 0.1) is 51.4 Å². The molecule has 11 N–H and O–H groups in total. The van der Waals surface area contributed by atoms with Crippen molar-refractivity contribution in [3.63, 3.8) is 0 Å². The summed E-state index contributed by atoms with van der Waals surface area (Å²) < 4.78 is 73.2. The number of esters is 1. The first kappa shape index (κ1) is 80.8. The van der Waals surface area contributed by atoms with E-state index in [1.165, 1.54) is 50.0 Å². The number of hydroxylamine groups is 1. The summed E-state index contributed by atoms with van der Waals surface area (Å²) in [5.41, 5.74) is 6.41. The van der Waals surface area contributed by atoms with Gasteiger partial charge in [0.1, 0.15) is 54.0 Å². The maximum absolute atomic E-state index is 14.5. The van der Waals surface area contributed by atoms with Crippen molar-refractivity contribution in [2.24, 2.45) is 23.0 Å². The first-order valence-electron chi connectivity index (χ1n) is 32.9. The molecule has 28 nitrogen and oxygen atoms in total. The number of methoxy groups -OCH3 is 5. The standard InChI is InChI=1S/C67H95IN4O24S3/c1-14-70-39-30-89-46(28-43(39)84-9)94-58-53(78)51(72-96-47-27-40(73)60(35(6)90-47)98-62(82)48-32(3)50(68)56(59(88-13)55(48)86-11)95-63-54(79)57(87-12)52(77)34(5)92-63)33(4)91-64(58)93-42-17-15-16-31(2)20-22-66-37(26-45(76)85-10)41(74)29-67(66,83)36(49(42)66)21-25-97-99-65(7,8)23-24-71-44(75)19-18-38(69)61(80)81/h16,21,33-35,37-40,42-43,46-47,49,51-54,57-58,60,63-64,70,72-73,77-79,83H,14,18-19,23-30,69H2,1-13H3,(H,71,75)(H,80,81)/b31-16-,36-21+/t33-,34+,35-,37?,38+,39+,40+,42+,43+,46+,47+,49?,51-,52+,53+,54-,57-,58-,60-,63+,64+,66?,67+/m1/s1. The van der Waals surface area contributed by atoms with Crippen LogP contribution in [0.2, 0.25) is 0 Å². The zero-order chi connectivity index (χ0) is 72.6. The Hall–Kier alpha value is -3.93. The number of benzene rings is 1. The molecule has 4 aliphatic heterocycles. The van der Waals surface area contributed by atoms with Gasteiger partial charge in [-0.1, -0.05) is 70.0 Å². The van der Waals surface area contributed by atoms with Gasteiger partial charge in [0.25, 0.3) is 0 Å². The van der Waals surface area contributed by atoms with E-state index >= 15 is 0 Å². The van der Waals surface area contributed by atoms with Crippen molar-refractivity contribution in [3.05, 3.63) is 38.0 Å². The fraction of sp³-hybridized carbons (Fsp3) is 0.716. The van der Waals surface area contributed by atoms with Crippen LogP contribution in [0.5, 0.6) is 17.2 Å². The molecule has 7 aliphatic rings. The Labute approximate surface area is 602 Å². The third kappa shape index (κ3) is 17.9. The number of nitrogens with two attached hydrogens (primary N) is 1. The summed E-state index contributed by atoms with van der Waals surface area (Å²) in [5.74, 6) is 8.36. The number of rotatable bonds is 30. The maximum atomic E-state index is 14.5. The molecule has 99 heavy (non-hydrogen) atoms. The van der Waals surface area contributed by atoms with Gasteiger partial charge in [-0.15, -0.1) is 0 Å². The molecule has 4 saturated heterocycles. The van der Waals surface area contributed by atoms with Gasteiger partial charge in [-0.25, -0.2) is 0 Å². The first-order valence-corrected chi connectivity index (χ1v) is 37.1. The lowest BCUT2D eigenvalue weighted by atomic mass is 9.44. The Bertz CT molecular complexity index is 3240. The highest BCUT2D eigenvalue weighted by atomic mass is 127. The van der Waals surface area contributed by atoms with Gasteiger partial charge >= 0.3 is 11.9 Å². The van der Waals surface area contributed by atoms with Gasteiger partial charge in [0.05, 0.1) is 96.8 Å². The molecular formula is C67H95IN4O24S3. The number of aliphatic hydroxyl groups excluding tert-OH is 4. The van der Waals surface area contributed by atoms with E-state index < -0.39 is 160 Å². The van der Waals surface area contributed by atoms with Crippen LogP contribution in [0.3, 0.4) is 0 Å². The second-order valence-electron chi connectivity index (χ2n) is 26.1. The molecule has 1 aromatic carbocycles. The smallest absolute Gasteiger partial charge is 0.320 e. The highest BCUT2D eigenvalue weighted by Crippen LogP contribution is 2.70. The fourth-order valence-corrected chi connectivity index (χ4v) is 17.9. The van der Waals surface area contributed by atoms with E-state index in [-0.39, 0.29) is 79.6 Å². The number of nitrogens with one attached hydrogen (secondary N) is 3. The number of hydrogen-bond donors (Lipinski definition) is 10. The van der Waals surface area contributed by atoms with E-state index in [0.717, 1.165) is 11.8 Å². The van der Waals surface area contributed by atoms with Crippen molar-refractivity contribution in [1.29, 1.82) is 0 Å². The van der Waals surface area contributed by atoms with Crippen LogP contribution in [-0.4, -0.2) is 246 Å². The summed E-state index contributed by atoms with van der Waals surface area (Å²) >= 11 is 2.82. The van der Waals surface area contributed by atoms with Crippen molar-refractivity contribution in [2.75, 3.05) is 61.0 Å². The number of ketones is 1. The number of allylic oxidation sites excluding steroid dienone is 2. The number of carbonyl (C=O) groups excluding carboxylic acids is 4. The van der Waals surface area contributed by atoms with Crippen molar-refractivity contribution < 1.29 is 116 Å². The summed E-state index contributed by atoms with van der Waals surface area (Å²) in [6.07, 6.45) is -13.7. The zero-order valence-corrected chi connectivity index (χ0v) is 62.4. The van der Waals surface area contributed by atoms with E-state index in [1.807, 2.05) is 49.4 Å². The number of carboxylic acids is 1. The highest BCUT2D eigenvalue weighted by Gasteiger charge is 2.78. The van der Waals surface area contributed by atoms with Gasteiger partial charge in [-0.2, -0.15) is 5.48 Å². The topological polar surface area (TPSA) is 389 Å². The number of Topliss-reactive ketones (excluding diaryl/α,β-unsaturated/α-hetero) is 1. The Morgan fingerprint density at radius 1 is 0.909 bits per heavy atom. The fourth-order valence-electron chi connectivity index (χ4n) is 13.7. The number of amides is 1. The van der Waals surface area contributed by atoms with Crippen LogP contribution in [0.1, 0.15) is 109 Å². The lowest BCUT2D eigenvalue weighted by Crippen LogP contribution is -2.69. The Kier molecular flexibility index (Phi) is 28.7. The van der Waals surface area contributed by atoms with Gasteiger partial charge in [0, 0.05) is 74.4 Å². The number of aliphatic hydroxyl groups is 5. The molecule has 1 spiro atoms. The number of carboxylic acid groups (broad SMARTS) is 1. The minimum Gasteiger partial charge on any atom is -0.492 e. The molecule has 0 radical (unpaired) electrons. The molecule has 8 rings (SSSR count). The Morgan fingerprint density at radius 3 is 2.28 bits per heavy atom. The number of aliphatic carboxylic acids is 1. The van der Waals surface area contributed by atoms with Gasteiger partial charge in [0.15, 0.2) is 30.4 Å². The molecule has 1 amide bonds. The first-order chi connectivity index (χ1) is 46.9. The quantitative estimate of drug-likeness (QED) is 0.0101. The number of likely N-dealkylation sites (N-methyl/N-ethyl adjacent to an activating group) is 1. The van der Waals surface area contributed by atoms with Crippen LogP contribution in [0.4, 0.5) is 0 Å². The van der Waals surface area contributed by atoms with Crippen LogP contribution in [0.15, 0.2) is 23.3 Å². The second kappa shape index (κ2) is 35.2. The Balaban J connectivity index is 1.02. The van der Waals surface area contributed by atoms with Gasteiger partial charge in [-0.05, 0) is 108 Å². The third-order valence-corrected chi connectivity index (χ3v) is 25.0. The molecule has 0 bridgehead atoms. The van der Waals surface area contributed by atoms with Crippen molar-refractivity contribution in [1.82, 2.24) is 16.1 Å². The summed E-state index contributed by atoms with van der Waals surface area (Å²) in [6.45, 7) is 15.5. The van der Waals surface area contributed by atoms with Crippen molar-refractivity contribution >= 4 is 84.7 Å². The largest absolute Gasteiger partial charge is 0.492 e. The maximum Gasteiger partial charge on any atom is 0.320 e. The van der Waals surface area contributed by atoms with Gasteiger partial charge < -0.3 is 104 Å². The molecule has 6 fully saturated rings. The van der Waals surface area contributed by atoms with Crippen LogP contribution in [-0.2, 0) is 66.6 Å². The highest BCUT2D eigenvalue weighted by molar-refractivity contribution is 14.1. The summed E-state index contributed by atoms with van der Waals surface area (Å²) in [7, 11) is 9.85. The molecule has 3 unspecified atom stereocenters. The Morgan fingerprint density at radius 2 is 1.63 bits per heavy atom. The number of ether oxygens (including phenoxy) is 12. The predicted molar refractivity (Wildman–Crippen MR) is 371 cm³/mol. The molecule has 0 aromatic heterocycles. The van der Waals surface area contributed by atoms with E-state index in [0.29, 0.717) is 45.5 Å². The molecule has 552 valence electrons. The van der Waals surface area contributed by atoms with Crippen LogP contribution < -0.4 is 36.1 Å². The molecule has 4 heterocycles. The second-order valence-corrected chi connectivity index (χ2v) is 31.4. The number of hydrogen-bond acceptors (Lipinski definition) is 29. The molecule has 2 saturated carbocycles. The minimum absolute atomic E-state index is 0.00501. The van der Waals surface area contributed by atoms with E-state index in [1.54, 1.807) is 47.8 Å². The number of thioether (sulfide) groups is 1. The monoisotopic (exact) mass is 1560 g/mol. The average molecular weight is 1560 g/mol. The van der Waals surface area contributed by atoms with Crippen LogP contribution in [0.25, 0.3) is 0 Å². The molecule has 1 aromatic rings. The third-order valence-electron chi connectivity index (χ3n) is 19.1. The normalized spacial score (nSPS) is 36.3. The van der Waals surface area contributed by atoms with Crippen molar-refractivity contribution in [3.8, 4) is 40.9 Å². The van der Waals surface area contributed by atoms with E-state index in [2.05, 4.69) is 39.8 Å². The summed E-state index contributed by atoms with van der Waals surface area (Å²) in [4.78, 5) is 72.1. The summed E-state index contributed by atoms with van der Waals surface area (Å²) in [6, 6.07) is -2.45. The molecule has 3 aliphatic carbocycles. The number of carbonyl (C=O) groups is 5.